The van der Waals surface area contributed by atoms with Crippen LogP contribution in [-0.4, -0.2) is 38.7 Å². The number of amides is 1. The van der Waals surface area contributed by atoms with E-state index in [-0.39, 0.29) is 34.0 Å². The highest BCUT2D eigenvalue weighted by Gasteiger charge is 2.69. The van der Waals surface area contributed by atoms with E-state index in [0.717, 1.165) is 6.42 Å². The van der Waals surface area contributed by atoms with Crippen molar-refractivity contribution in [2.24, 2.45) is 22.4 Å². The zero-order chi connectivity index (χ0) is 20.9. The molecule has 8 heteroatoms. The van der Waals surface area contributed by atoms with E-state index in [9.17, 15) is 28.2 Å². The zero-order valence-electron chi connectivity index (χ0n) is 16.1. The van der Waals surface area contributed by atoms with Crippen molar-refractivity contribution in [1.29, 1.82) is 0 Å². The first-order valence-corrected chi connectivity index (χ1v) is 9.42. The second-order valence-corrected chi connectivity index (χ2v) is 8.32. The maximum Gasteiger partial charge on any atom is 0.439 e. The van der Waals surface area contributed by atoms with Crippen molar-refractivity contribution in [2.75, 3.05) is 0 Å². The highest BCUT2D eigenvalue weighted by Crippen LogP contribution is 2.52. The molecule has 1 amide bonds. The number of phenols is 1. The van der Waals surface area contributed by atoms with E-state index in [2.05, 4.69) is 5.10 Å². The molecule has 3 atom stereocenters. The molecule has 1 heterocycles. The van der Waals surface area contributed by atoms with Gasteiger partial charge in [0.15, 0.2) is 0 Å². The number of halogens is 3. The van der Waals surface area contributed by atoms with Gasteiger partial charge in [-0.3, -0.25) is 4.79 Å². The van der Waals surface area contributed by atoms with E-state index in [1.165, 1.54) is 24.3 Å². The normalized spacial score (nSPS) is 28.1. The van der Waals surface area contributed by atoms with Crippen LogP contribution < -0.4 is 0 Å². The molecule has 154 valence electrons. The zero-order valence-corrected chi connectivity index (χ0v) is 16.1. The minimum Gasteiger partial charge on any atom is -0.507 e. The number of alkyl halides is 3. The molecule has 0 radical (unpaired) electrons. The van der Waals surface area contributed by atoms with Crippen LogP contribution in [-0.2, 0) is 0 Å². The smallest absolute Gasteiger partial charge is 0.439 e. The maximum atomic E-state index is 14.1. The monoisotopic (exact) mass is 398 g/mol. The predicted molar refractivity (Wildman–Crippen MR) is 97.6 cm³/mol. The van der Waals surface area contributed by atoms with Gasteiger partial charge in [-0.1, -0.05) is 39.3 Å². The third-order valence-electron chi connectivity index (χ3n) is 6.47. The van der Waals surface area contributed by atoms with E-state index in [0.29, 0.717) is 12.8 Å². The molecule has 1 saturated carbocycles. The third kappa shape index (κ3) is 3.07. The predicted octanol–water partition coefficient (Wildman–Crippen LogP) is 4.31. The summed E-state index contributed by atoms with van der Waals surface area (Å²) in [4.78, 5) is 12.8. The van der Waals surface area contributed by atoms with Crippen molar-refractivity contribution in [3.05, 3.63) is 29.8 Å². The second kappa shape index (κ2) is 6.76. The van der Waals surface area contributed by atoms with E-state index in [4.69, 9.17) is 0 Å². The number of hydrogen-bond acceptors (Lipinski definition) is 4. The number of aliphatic hydroxyl groups is 1. The van der Waals surface area contributed by atoms with E-state index < -0.39 is 29.5 Å². The fourth-order valence-electron chi connectivity index (χ4n) is 4.19. The molecule has 1 aliphatic heterocycles. The van der Waals surface area contributed by atoms with Gasteiger partial charge >= 0.3 is 6.18 Å². The van der Waals surface area contributed by atoms with Gasteiger partial charge in [-0.2, -0.15) is 23.3 Å². The number of rotatable bonds is 3. The van der Waals surface area contributed by atoms with Gasteiger partial charge in [0.1, 0.15) is 5.75 Å². The average molecular weight is 398 g/mol. The molecule has 3 rings (SSSR count). The fraction of sp³-hybridized carbons (Fsp3) is 0.600. The van der Waals surface area contributed by atoms with Gasteiger partial charge in [0.05, 0.1) is 11.5 Å². The van der Waals surface area contributed by atoms with Crippen molar-refractivity contribution < 1.29 is 28.2 Å². The highest BCUT2D eigenvalue weighted by molar-refractivity contribution is 6.01. The SMILES string of the molecule is CCC(C)(C)[C@@H]1CCC2=NN(C(=O)c3ccccc3O)[C@@](O)(C(F)(F)F)[C@H]2C1. The molecule has 5 nitrogen and oxygen atoms in total. The summed E-state index contributed by atoms with van der Waals surface area (Å²) in [6, 6.07) is 5.29. The van der Waals surface area contributed by atoms with Gasteiger partial charge in [0, 0.05) is 5.71 Å². The summed E-state index contributed by atoms with van der Waals surface area (Å²) in [6.07, 6.45) is -3.26. The largest absolute Gasteiger partial charge is 0.507 e. The molecule has 2 aliphatic rings. The van der Waals surface area contributed by atoms with Crippen molar-refractivity contribution in [2.45, 2.75) is 58.4 Å². The Hall–Kier alpha value is -2.09. The van der Waals surface area contributed by atoms with Crippen LogP contribution >= 0.6 is 0 Å². The Morgan fingerprint density at radius 2 is 1.96 bits per heavy atom. The Morgan fingerprint density at radius 1 is 1.32 bits per heavy atom. The molecule has 28 heavy (non-hydrogen) atoms. The van der Waals surface area contributed by atoms with Gasteiger partial charge in [-0.25, -0.2) is 0 Å². The molecule has 1 aromatic carbocycles. The lowest BCUT2D eigenvalue weighted by Gasteiger charge is -2.43. The summed E-state index contributed by atoms with van der Waals surface area (Å²) in [6.45, 7) is 6.00. The summed E-state index contributed by atoms with van der Waals surface area (Å²) in [7, 11) is 0. The number of hydrogen-bond donors (Lipinski definition) is 2. The van der Waals surface area contributed by atoms with Crippen LogP contribution in [0, 0.1) is 17.3 Å². The lowest BCUT2D eigenvalue weighted by Crippen LogP contribution is -2.62. The Labute approximate surface area is 161 Å². The van der Waals surface area contributed by atoms with Crippen LogP contribution in [0.15, 0.2) is 29.4 Å². The van der Waals surface area contributed by atoms with Gasteiger partial charge in [0.25, 0.3) is 11.6 Å². The molecular weight excluding hydrogens is 373 g/mol. The average Bonchev–Trinajstić information content (AvgIpc) is 2.95. The number of nitrogens with zero attached hydrogens (tertiary/aromatic N) is 2. The maximum absolute atomic E-state index is 14.1. The van der Waals surface area contributed by atoms with Crippen LogP contribution in [0.1, 0.15) is 56.8 Å². The minimum absolute atomic E-state index is 0.0319. The van der Waals surface area contributed by atoms with Gasteiger partial charge in [-0.15, -0.1) is 0 Å². The van der Waals surface area contributed by atoms with E-state index >= 15 is 0 Å². The summed E-state index contributed by atoms with van der Waals surface area (Å²) in [5.41, 5.74) is -3.76. The second-order valence-electron chi connectivity index (χ2n) is 8.32. The Bertz CT molecular complexity index is 806. The molecule has 0 spiro atoms. The number of hydrazone groups is 1. The topological polar surface area (TPSA) is 73.1 Å². The lowest BCUT2D eigenvalue weighted by atomic mass is 9.64. The van der Waals surface area contributed by atoms with Crippen molar-refractivity contribution in [3.63, 3.8) is 0 Å². The first kappa shape index (κ1) is 20.6. The minimum atomic E-state index is -5.10. The number of aromatic hydroxyl groups is 1. The summed E-state index contributed by atoms with van der Waals surface area (Å²) >= 11 is 0. The quantitative estimate of drug-likeness (QED) is 0.797. The molecular formula is C20H25F3N2O3. The molecule has 0 unspecified atom stereocenters. The van der Waals surface area contributed by atoms with Crippen LogP contribution in [0.5, 0.6) is 5.75 Å². The summed E-state index contributed by atoms with van der Waals surface area (Å²) in [5, 5.41) is 24.8. The first-order chi connectivity index (χ1) is 12.9. The molecule has 1 aromatic rings. The molecule has 2 N–H and O–H groups in total. The van der Waals surface area contributed by atoms with E-state index in [1.54, 1.807) is 0 Å². The highest BCUT2D eigenvalue weighted by atomic mass is 19.4. The number of carbonyl (C=O) groups is 1. The van der Waals surface area contributed by atoms with Crippen LogP contribution in [0.25, 0.3) is 0 Å². The molecule has 0 aromatic heterocycles. The van der Waals surface area contributed by atoms with Crippen molar-refractivity contribution in [1.82, 2.24) is 5.01 Å². The lowest BCUT2D eigenvalue weighted by molar-refractivity contribution is -0.314. The number of phenolic OH excluding ortho intramolecular Hbond substituents is 1. The Balaban J connectivity index is 2.03. The van der Waals surface area contributed by atoms with Gasteiger partial charge in [0.2, 0.25) is 0 Å². The standard InChI is InChI=1S/C20H25F3N2O3/c1-4-18(2,3)12-9-10-15-14(11-12)19(28,20(21,22)23)25(24-15)17(27)13-7-5-6-8-16(13)26/h5-8,12,14,26,28H,4,9-11H2,1-3H3/t12-,14+,19+/m1/s1. The van der Waals surface area contributed by atoms with Crippen molar-refractivity contribution >= 4 is 11.6 Å². The fourth-order valence-corrected chi connectivity index (χ4v) is 4.19. The summed E-state index contributed by atoms with van der Waals surface area (Å²) in [5.74, 6) is -2.98. The van der Waals surface area contributed by atoms with Crippen LogP contribution in [0.3, 0.4) is 0 Å². The van der Waals surface area contributed by atoms with E-state index in [1.807, 2.05) is 20.8 Å². The number of para-hydroxylation sites is 1. The number of benzene rings is 1. The van der Waals surface area contributed by atoms with Gasteiger partial charge < -0.3 is 10.2 Å². The summed E-state index contributed by atoms with van der Waals surface area (Å²) < 4.78 is 42.2. The first-order valence-electron chi connectivity index (χ1n) is 9.42. The molecule has 1 fully saturated rings. The number of carbonyl (C=O) groups excluding carboxylic acids is 1. The van der Waals surface area contributed by atoms with Crippen LogP contribution in [0.4, 0.5) is 13.2 Å². The van der Waals surface area contributed by atoms with Crippen molar-refractivity contribution in [3.8, 4) is 5.75 Å². The third-order valence-corrected chi connectivity index (χ3v) is 6.47. The molecule has 1 aliphatic carbocycles. The van der Waals surface area contributed by atoms with Crippen LogP contribution in [0.2, 0.25) is 0 Å². The molecule has 0 bridgehead atoms. The number of fused-ring (bicyclic) bond motifs is 1. The van der Waals surface area contributed by atoms with Gasteiger partial charge in [-0.05, 0) is 42.7 Å². The Morgan fingerprint density at radius 3 is 2.54 bits per heavy atom. The Kier molecular flexibility index (Phi) is 4.98. The molecule has 0 saturated heterocycles.